The first-order chi connectivity index (χ1) is 8.99. The molecule has 0 atom stereocenters. The van der Waals surface area contributed by atoms with Crippen molar-refractivity contribution in [3.05, 3.63) is 29.8 Å². The van der Waals surface area contributed by atoms with Gasteiger partial charge in [0, 0.05) is 6.54 Å². The zero-order valence-corrected chi connectivity index (χ0v) is 12.2. The highest BCUT2D eigenvalue weighted by Crippen LogP contribution is 2.13. The van der Waals surface area contributed by atoms with Gasteiger partial charge in [0.25, 0.3) is 0 Å². The Bertz CT molecular complexity index is 398. The SMILES string of the molecule is CCOC(=O)C(C)(C)NCc1ccc(OCC)cc1. The van der Waals surface area contributed by atoms with Crippen molar-refractivity contribution in [2.45, 2.75) is 39.8 Å². The van der Waals surface area contributed by atoms with Crippen molar-refractivity contribution in [2.24, 2.45) is 0 Å². The smallest absolute Gasteiger partial charge is 0.325 e. The molecule has 0 aliphatic carbocycles. The topological polar surface area (TPSA) is 47.6 Å². The summed E-state index contributed by atoms with van der Waals surface area (Å²) in [4.78, 5) is 11.7. The lowest BCUT2D eigenvalue weighted by Gasteiger charge is -2.24. The number of benzene rings is 1. The molecule has 1 aromatic rings. The fourth-order valence-electron chi connectivity index (χ4n) is 1.58. The molecular formula is C15H23NO3. The molecule has 0 radical (unpaired) electrons. The van der Waals surface area contributed by atoms with Crippen LogP contribution in [0.2, 0.25) is 0 Å². The van der Waals surface area contributed by atoms with E-state index in [1.807, 2.05) is 45.0 Å². The molecule has 0 saturated heterocycles. The van der Waals surface area contributed by atoms with Gasteiger partial charge in [-0.25, -0.2) is 0 Å². The van der Waals surface area contributed by atoms with Gasteiger partial charge in [0.05, 0.1) is 13.2 Å². The van der Waals surface area contributed by atoms with Crippen molar-refractivity contribution in [1.82, 2.24) is 5.32 Å². The Kier molecular flexibility index (Phi) is 5.83. The van der Waals surface area contributed by atoms with Gasteiger partial charge in [-0.2, -0.15) is 0 Å². The quantitative estimate of drug-likeness (QED) is 0.770. The van der Waals surface area contributed by atoms with Gasteiger partial charge in [0.1, 0.15) is 11.3 Å². The van der Waals surface area contributed by atoms with E-state index >= 15 is 0 Å². The molecule has 0 fully saturated rings. The molecule has 4 nitrogen and oxygen atoms in total. The predicted octanol–water partition coefficient (Wildman–Crippen LogP) is 2.52. The van der Waals surface area contributed by atoms with E-state index in [0.29, 0.717) is 19.8 Å². The molecule has 0 amide bonds. The minimum atomic E-state index is -0.686. The Balaban J connectivity index is 2.53. The maximum atomic E-state index is 11.7. The molecule has 0 aliphatic rings. The van der Waals surface area contributed by atoms with Crippen LogP contribution in [0.25, 0.3) is 0 Å². The summed E-state index contributed by atoms with van der Waals surface area (Å²) >= 11 is 0. The second kappa shape index (κ2) is 7.14. The fraction of sp³-hybridized carbons (Fsp3) is 0.533. The average molecular weight is 265 g/mol. The Morgan fingerprint density at radius 1 is 1.16 bits per heavy atom. The average Bonchev–Trinajstić information content (AvgIpc) is 2.39. The lowest BCUT2D eigenvalue weighted by atomic mass is 10.1. The summed E-state index contributed by atoms with van der Waals surface area (Å²) in [5.41, 5.74) is 0.412. The molecule has 4 heteroatoms. The van der Waals surface area contributed by atoms with Crippen LogP contribution in [-0.2, 0) is 16.1 Å². The number of carbonyl (C=O) groups excluding carboxylic acids is 1. The zero-order valence-electron chi connectivity index (χ0n) is 12.2. The Hall–Kier alpha value is -1.55. The first-order valence-electron chi connectivity index (χ1n) is 6.63. The summed E-state index contributed by atoms with van der Waals surface area (Å²) < 4.78 is 10.4. The van der Waals surface area contributed by atoms with Gasteiger partial charge in [-0.3, -0.25) is 10.1 Å². The highest BCUT2D eigenvalue weighted by atomic mass is 16.5. The standard InChI is InChI=1S/C15H23NO3/c1-5-18-13-9-7-12(8-10-13)11-16-15(3,4)14(17)19-6-2/h7-10,16H,5-6,11H2,1-4H3. The number of nitrogens with one attached hydrogen (secondary N) is 1. The van der Waals surface area contributed by atoms with Crippen LogP contribution < -0.4 is 10.1 Å². The Morgan fingerprint density at radius 3 is 2.32 bits per heavy atom. The summed E-state index contributed by atoms with van der Waals surface area (Å²) in [5, 5.41) is 3.20. The van der Waals surface area contributed by atoms with Crippen molar-refractivity contribution in [2.75, 3.05) is 13.2 Å². The van der Waals surface area contributed by atoms with Gasteiger partial charge < -0.3 is 9.47 Å². The molecule has 19 heavy (non-hydrogen) atoms. The van der Waals surface area contributed by atoms with Crippen LogP contribution in [0.15, 0.2) is 24.3 Å². The van der Waals surface area contributed by atoms with Crippen LogP contribution in [0.1, 0.15) is 33.3 Å². The highest BCUT2D eigenvalue weighted by Gasteiger charge is 2.28. The predicted molar refractivity (Wildman–Crippen MR) is 75.2 cm³/mol. The minimum absolute atomic E-state index is 0.235. The number of carbonyl (C=O) groups is 1. The van der Waals surface area contributed by atoms with E-state index in [0.717, 1.165) is 11.3 Å². The van der Waals surface area contributed by atoms with E-state index in [-0.39, 0.29) is 5.97 Å². The molecule has 1 rings (SSSR count). The summed E-state index contributed by atoms with van der Waals surface area (Å²) in [6, 6.07) is 7.83. The second-order valence-corrected chi connectivity index (χ2v) is 4.78. The normalized spacial score (nSPS) is 11.2. The zero-order chi connectivity index (χ0) is 14.3. The van der Waals surface area contributed by atoms with Gasteiger partial charge in [0.15, 0.2) is 0 Å². The maximum Gasteiger partial charge on any atom is 0.325 e. The number of hydrogen-bond acceptors (Lipinski definition) is 4. The van der Waals surface area contributed by atoms with Crippen LogP contribution >= 0.6 is 0 Å². The lowest BCUT2D eigenvalue weighted by molar-refractivity contribution is -0.149. The summed E-state index contributed by atoms with van der Waals surface area (Å²) in [6.45, 7) is 9.07. The van der Waals surface area contributed by atoms with E-state index in [2.05, 4.69) is 5.32 Å². The van der Waals surface area contributed by atoms with Gasteiger partial charge in [-0.05, 0) is 45.4 Å². The van der Waals surface area contributed by atoms with Crippen LogP contribution in [0, 0.1) is 0 Å². The van der Waals surface area contributed by atoms with Crippen molar-refractivity contribution < 1.29 is 14.3 Å². The van der Waals surface area contributed by atoms with Crippen molar-refractivity contribution in [1.29, 1.82) is 0 Å². The third-order valence-electron chi connectivity index (χ3n) is 2.75. The molecule has 0 saturated carbocycles. The molecule has 106 valence electrons. The third-order valence-corrected chi connectivity index (χ3v) is 2.75. The first-order valence-corrected chi connectivity index (χ1v) is 6.63. The van der Waals surface area contributed by atoms with E-state index < -0.39 is 5.54 Å². The molecule has 0 unspecified atom stereocenters. The summed E-state index contributed by atoms with van der Waals surface area (Å²) in [5.74, 6) is 0.622. The van der Waals surface area contributed by atoms with Gasteiger partial charge in [0.2, 0.25) is 0 Å². The van der Waals surface area contributed by atoms with E-state index in [9.17, 15) is 4.79 Å². The lowest BCUT2D eigenvalue weighted by Crippen LogP contribution is -2.47. The molecule has 0 heterocycles. The van der Waals surface area contributed by atoms with Gasteiger partial charge >= 0.3 is 5.97 Å². The van der Waals surface area contributed by atoms with Crippen molar-refractivity contribution >= 4 is 5.97 Å². The number of hydrogen-bond donors (Lipinski definition) is 1. The van der Waals surface area contributed by atoms with Crippen LogP contribution in [0.4, 0.5) is 0 Å². The molecule has 0 spiro atoms. The Morgan fingerprint density at radius 2 is 1.79 bits per heavy atom. The molecule has 1 N–H and O–H groups in total. The van der Waals surface area contributed by atoms with Crippen LogP contribution in [-0.4, -0.2) is 24.7 Å². The van der Waals surface area contributed by atoms with Crippen molar-refractivity contribution in [3.63, 3.8) is 0 Å². The molecule has 0 aliphatic heterocycles. The summed E-state index contributed by atoms with van der Waals surface area (Å²) in [6.07, 6.45) is 0. The minimum Gasteiger partial charge on any atom is -0.494 e. The fourth-order valence-corrected chi connectivity index (χ4v) is 1.58. The van der Waals surface area contributed by atoms with Crippen LogP contribution in [0.5, 0.6) is 5.75 Å². The largest absolute Gasteiger partial charge is 0.494 e. The second-order valence-electron chi connectivity index (χ2n) is 4.78. The number of esters is 1. The molecule has 0 bridgehead atoms. The van der Waals surface area contributed by atoms with Gasteiger partial charge in [-0.1, -0.05) is 12.1 Å². The van der Waals surface area contributed by atoms with E-state index in [1.165, 1.54) is 0 Å². The van der Waals surface area contributed by atoms with E-state index in [1.54, 1.807) is 6.92 Å². The Labute approximate surface area is 115 Å². The van der Waals surface area contributed by atoms with Gasteiger partial charge in [-0.15, -0.1) is 0 Å². The first kappa shape index (κ1) is 15.5. The van der Waals surface area contributed by atoms with Crippen LogP contribution in [0.3, 0.4) is 0 Å². The number of ether oxygens (including phenoxy) is 2. The maximum absolute atomic E-state index is 11.7. The van der Waals surface area contributed by atoms with E-state index in [4.69, 9.17) is 9.47 Å². The molecule has 1 aromatic carbocycles. The third kappa shape index (κ3) is 4.91. The summed E-state index contributed by atoms with van der Waals surface area (Å²) in [7, 11) is 0. The highest BCUT2D eigenvalue weighted by molar-refractivity contribution is 5.79. The monoisotopic (exact) mass is 265 g/mol. The molecule has 0 aromatic heterocycles. The number of rotatable bonds is 7. The van der Waals surface area contributed by atoms with Crippen molar-refractivity contribution in [3.8, 4) is 5.75 Å². The molecular weight excluding hydrogens is 242 g/mol.